The van der Waals surface area contributed by atoms with Gasteiger partial charge >= 0.3 is 15.6 Å². The number of nitrogens with one attached hydrogen (secondary N) is 1. The lowest BCUT2D eigenvalue weighted by atomic mass is 10.1. The Morgan fingerprint density at radius 1 is 0.968 bits per heavy atom. The van der Waals surface area contributed by atoms with Gasteiger partial charge in [0.25, 0.3) is 11.1 Å². The molecule has 0 unspecified atom stereocenters. The molecule has 7 nitrogen and oxygen atoms in total. The summed E-state index contributed by atoms with van der Waals surface area (Å²) >= 11 is 0.822. The molecule has 2 aromatic rings. The lowest BCUT2D eigenvalue weighted by Gasteiger charge is -2.10. The van der Waals surface area contributed by atoms with Crippen LogP contribution in [0.5, 0.6) is 11.5 Å². The second-order valence-corrected chi connectivity index (χ2v) is 8.70. The number of alkyl halides is 3. The highest BCUT2D eigenvalue weighted by atomic mass is 32.2. The molecule has 3 rings (SSSR count). The zero-order valence-corrected chi connectivity index (χ0v) is 17.1. The number of benzene rings is 2. The predicted octanol–water partition coefficient (Wildman–Crippen LogP) is 3.86. The van der Waals surface area contributed by atoms with Crippen molar-refractivity contribution in [2.75, 3.05) is 6.61 Å². The number of carbonyl (C=O) groups is 2. The average molecular weight is 473 g/mol. The highest BCUT2D eigenvalue weighted by Crippen LogP contribution is 2.28. The van der Waals surface area contributed by atoms with Crippen molar-refractivity contribution in [1.82, 2.24) is 5.32 Å². The van der Waals surface area contributed by atoms with Crippen molar-refractivity contribution < 1.29 is 40.1 Å². The van der Waals surface area contributed by atoms with Gasteiger partial charge in [0.15, 0.2) is 0 Å². The van der Waals surface area contributed by atoms with Gasteiger partial charge in [0.2, 0.25) is 0 Å². The van der Waals surface area contributed by atoms with Gasteiger partial charge in [0.05, 0.1) is 11.5 Å². The molecule has 0 aliphatic carbocycles. The topological polar surface area (TPSA) is 98.8 Å². The molecular weight excluding hydrogens is 459 g/mol. The van der Waals surface area contributed by atoms with E-state index < -0.39 is 32.5 Å². The smallest absolute Gasteiger partial charge is 0.493 e. The van der Waals surface area contributed by atoms with Gasteiger partial charge < -0.3 is 8.92 Å². The van der Waals surface area contributed by atoms with E-state index >= 15 is 0 Å². The number of thioether (sulfide) groups is 1. The SMILES string of the molecule is O=C1NC(=O)/C(=C/c2ccc(OCCc3ccc(OS(=O)(=O)C(F)(F)F)cc3)cc2)S1. The van der Waals surface area contributed by atoms with Gasteiger partial charge in [0.1, 0.15) is 11.5 Å². The number of hydrogen-bond acceptors (Lipinski definition) is 7. The monoisotopic (exact) mass is 473 g/mol. The Bertz CT molecular complexity index is 1110. The maximum atomic E-state index is 12.3. The molecule has 0 radical (unpaired) electrons. The molecule has 0 saturated carbocycles. The zero-order chi connectivity index (χ0) is 22.6. The minimum Gasteiger partial charge on any atom is -0.493 e. The lowest BCUT2D eigenvalue weighted by Crippen LogP contribution is -2.28. The Morgan fingerprint density at radius 2 is 1.58 bits per heavy atom. The fourth-order valence-electron chi connectivity index (χ4n) is 2.41. The van der Waals surface area contributed by atoms with E-state index in [2.05, 4.69) is 9.50 Å². The van der Waals surface area contributed by atoms with E-state index in [1.807, 2.05) is 0 Å². The quantitative estimate of drug-likeness (QED) is 0.370. The van der Waals surface area contributed by atoms with Crippen LogP contribution in [0.4, 0.5) is 18.0 Å². The van der Waals surface area contributed by atoms with E-state index in [4.69, 9.17) is 4.74 Å². The summed E-state index contributed by atoms with van der Waals surface area (Å²) < 4.78 is 68.5. The van der Waals surface area contributed by atoms with E-state index in [1.165, 1.54) is 12.1 Å². The van der Waals surface area contributed by atoms with Crippen LogP contribution >= 0.6 is 11.8 Å². The van der Waals surface area contributed by atoms with E-state index in [0.29, 0.717) is 28.2 Å². The molecule has 1 N–H and O–H groups in total. The zero-order valence-electron chi connectivity index (χ0n) is 15.5. The highest BCUT2D eigenvalue weighted by Gasteiger charge is 2.48. The molecule has 1 aliphatic rings. The Hall–Kier alpha value is -2.99. The highest BCUT2D eigenvalue weighted by molar-refractivity contribution is 8.18. The maximum Gasteiger partial charge on any atom is 0.534 e. The van der Waals surface area contributed by atoms with E-state index in [9.17, 15) is 31.2 Å². The first kappa shape index (κ1) is 22.7. The molecule has 2 aromatic carbocycles. The van der Waals surface area contributed by atoms with Crippen molar-refractivity contribution in [3.05, 3.63) is 64.6 Å². The molecule has 0 aromatic heterocycles. The summed E-state index contributed by atoms with van der Waals surface area (Å²) in [5.74, 6) is -0.330. The molecule has 1 fully saturated rings. The number of ether oxygens (including phenoxy) is 1. The fourth-order valence-corrected chi connectivity index (χ4v) is 3.55. The first-order chi connectivity index (χ1) is 14.5. The summed E-state index contributed by atoms with van der Waals surface area (Å²) in [5.41, 5.74) is -4.08. The van der Waals surface area contributed by atoms with Gasteiger partial charge in [0, 0.05) is 6.42 Å². The summed E-state index contributed by atoms with van der Waals surface area (Å²) in [4.78, 5) is 23.0. The van der Waals surface area contributed by atoms with Crippen molar-refractivity contribution >= 4 is 39.1 Å². The Balaban J connectivity index is 1.51. The third-order valence-electron chi connectivity index (χ3n) is 3.89. The van der Waals surface area contributed by atoms with Crippen molar-refractivity contribution in [3.63, 3.8) is 0 Å². The van der Waals surface area contributed by atoms with Crippen molar-refractivity contribution in [2.24, 2.45) is 0 Å². The van der Waals surface area contributed by atoms with Gasteiger partial charge in [-0.3, -0.25) is 14.9 Å². The molecule has 1 aliphatic heterocycles. The molecule has 31 heavy (non-hydrogen) atoms. The van der Waals surface area contributed by atoms with Crippen LogP contribution in [0.1, 0.15) is 11.1 Å². The fraction of sp³-hybridized carbons (Fsp3) is 0.158. The predicted molar refractivity (Wildman–Crippen MR) is 107 cm³/mol. The van der Waals surface area contributed by atoms with E-state index in [-0.39, 0.29) is 6.61 Å². The Labute approximate surface area is 179 Å². The summed E-state index contributed by atoms with van der Waals surface area (Å²) in [5, 5.41) is 1.75. The van der Waals surface area contributed by atoms with E-state index in [1.54, 1.807) is 30.3 Å². The number of carbonyl (C=O) groups excluding carboxylic acids is 2. The third kappa shape index (κ3) is 6.01. The first-order valence-electron chi connectivity index (χ1n) is 8.61. The van der Waals surface area contributed by atoms with Crippen LogP contribution in [0.3, 0.4) is 0 Å². The Kier molecular flexibility index (Phi) is 6.60. The van der Waals surface area contributed by atoms with Crippen LogP contribution in [0, 0.1) is 0 Å². The third-order valence-corrected chi connectivity index (χ3v) is 5.68. The molecule has 0 bridgehead atoms. The number of amides is 2. The van der Waals surface area contributed by atoms with Gasteiger partial charge in [-0.1, -0.05) is 24.3 Å². The molecule has 0 atom stereocenters. The van der Waals surface area contributed by atoms with Gasteiger partial charge in [-0.2, -0.15) is 21.6 Å². The summed E-state index contributed by atoms with van der Waals surface area (Å²) in [6, 6.07) is 11.9. The van der Waals surface area contributed by atoms with Crippen molar-refractivity contribution in [3.8, 4) is 11.5 Å². The lowest BCUT2D eigenvalue weighted by molar-refractivity contribution is -0.115. The van der Waals surface area contributed by atoms with Gasteiger partial charge in [-0.25, -0.2) is 0 Å². The minimum atomic E-state index is -5.70. The number of imide groups is 1. The largest absolute Gasteiger partial charge is 0.534 e. The molecule has 12 heteroatoms. The van der Waals surface area contributed by atoms with E-state index in [0.717, 1.165) is 23.9 Å². The molecule has 0 spiro atoms. The van der Waals surface area contributed by atoms with Crippen LogP contribution < -0.4 is 14.2 Å². The summed E-state index contributed by atoms with van der Waals surface area (Å²) in [6.07, 6.45) is 1.99. The first-order valence-corrected chi connectivity index (χ1v) is 10.8. The van der Waals surface area contributed by atoms with Crippen LogP contribution in [0.15, 0.2) is 53.4 Å². The molecular formula is C19H14F3NO6S2. The van der Waals surface area contributed by atoms with Crippen molar-refractivity contribution in [1.29, 1.82) is 0 Å². The van der Waals surface area contributed by atoms with Crippen molar-refractivity contribution in [2.45, 2.75) is 11.9 Å². The second kappa shape index (κ2) is 9.02. The summed E-state index contributed by atoms with van der Waals surface area (Å²) in [6.45, 7) is 0.258. The second-order valence-electron chi connectivity index (χ2n) is 6.15. The summed E-state index contributed by atoms with van der Waals surface area (Å²) in [7, 11) is -5.70. The standard InChI is InChI=1S/C19H14F3NO6S2/c20-19(21,22)31(26,27)29-15-7-1-12(2-8-15)9-10-28-14-5-3-13(4-6-14)11-16-17(24)23-18(25)30-16/h1-8,11H,9-10H2,(H,23,24,25)/b16-11-. The van der Waals surface area contributed by atoms with Crippen LogP contribution in [-0.2, 0) is 21.3 Å². The number of halogens is 3. The average Bonchev–Trinajstić information content (AvgIpc) is 3.00. The number of hydrogen-bond donors (Lipinski definition) is 1. The minimum absolute atomic E-state index is 0.258. The molecule has 164 valence electrons. The molecule has 1 saturated heterocycles. The van der Waals surface area contributed by atoms with Crippen LogP contribution in [-0.4, -0.2) is 31.7 Å². The van der Waals surface area contributed by atoms with Gasteiger partial charge in [-0.05, 0) is 53.2 Å². The van der Waals surface area contributed by atoms with Crippen LogP contribution in [0.25, 0.3) is 6.08 Å². The molecule has 2 amide bonds. The van der Waals surface area contributed by atoms with Crippen LogP contribution in [0.2, 0.25) is 0 Å². The molecule has 1 heterocycles. The maximum absolute atomic E-state index is 12.3. The normalized spacial score (nSPS) is 15.8. The number of rotatable bonds is 7. The van der Waals surface area contributed by atoms with Gasteiger partial charge in [-0.15, -0.1) is 0 Å². The Morgan fingerprint density at radius 3 is 2.13 bits per heavy atom.